The molecule has 0 atom stereocenters. The average Bonchev–Trinajstić information content (AvgIpc) is 2.64. The van der Waals surface area contributed by atoms with Crippen molar-refractivity contribution in [2.45, 2.75) is 26.7 Å². The Morgan fingerprint density at radius 1 is 1.13 bits per heavy atom. The minimum absolute atomic E-state index is 0.132. The van der Waals surface area contributed by atoms with Crippen LogP contribution >= 0.6 is 23.2 Å². The van der Waals surface area contributed by atoms with Crippen molar-refractivity contribution in [2.75, 3.05) is 30.3 Å². The Hall–Kier alpha value is -1.96. The Labute approximate surface area is 188 Å². The predicted molar refractivity (Wildman–Crippen MR) is 122 cm³/mol. The molecule has 0 saturated heterocycles. The summed E-state index contributed by atoms with van der Waals surface area (Å²) >= 11 is 12.0. The zero-order valence-corrected chi connectivity index (χ0v) is 19.6. The van der Waals surface area contributed by atoms with Crippen molar-refractivity contribution in [1.82, 2.24) is 5.32 Å². The van der Waals surface area contributed by atoms with Gasteiger partial charge in [0, 0.05) is 18.0 Å². The van der Waals surface area contributed by atoms with Gasteiger partial charge in [-0.15, -0.1) is 0 Å². The first-order valence-electron chi connectivity index (χ1n) is 9.47. The van der Waals surface area contributed by atoms with Crippen molar-refractivity contribution in [3.05, 3.63) is 57.6 Å². The summed E-state index contributed by atoms with van der Waals surface area (Å²) in [4.78, 5) is 12.1. The van der Waals surface area contributed by atoms with E-state index in [2.05, 4.69) is 5.32 Å². The molecule has 2 aromatic rings. The van der Waals surface area contributed by atoms with Crippen LogP contribution in [0.3, 0.4) is 0 Å². The number of nitrogens with zero attached hydrogens (tertiary/aromatic N) is 1. The van der Waals surface area contributed by atoms with Crippen LogP contribution in [0.1, 0.15) is 24.0 Å². The van der Waals surface area contributed by atoms with E-state index in [9.17, 15) is 13.2 Å². The van der Waals surface area contributed by atoms with Gasteiger partial charge >= 0.3 is 0 Å². The number of hydrogen-bond donors (Lipinski definition) is 1. The number of anilines is 1. The lowest BCUT2D eigenvalue weighted by Gasteiger charge is -2.23. The largest absolute Gasteiger partial charge is 0.491 e. The summed E-state index contributed by atoms with van der Waals surface area (Å²) in [5, 5.41) is 3.43. The first kappa shape index (κ1) is 24.3. The molecule has 0 fully saturated rings. The quantitative estimate of drug-likeness (QED) is 0.521. The van der Waals surface area contributed by atoms with E-state index < -0.39 is 10.0 Å². The van der Waals surface area contributed by atoms with Gasteiger partial charge in [-0.25, -0.2) is 8.42 Å². The van der Waals surface area contributed by atoms with Crippen molar-refractivity contribution in [3.63, 3.8) is 0 Å². The first-order chi connectivity index (χ1) is 14.1. The van der Waals surface area contributed by atoms with E-state index in [1.807, 2.05) is 32.0 Å². The molecule has 2 aromatic carbocycles. The monoisotopic (exact) mass is 472 g/mol. The van der Waals surface area contributed by atoms with Crippen molar-refractivity contribution in [1.29, 1.82) is 0 Å². The summed E-state index contributed by atoms with van der Waals surface area (Å²) in [6, 6.07) is 10.5. The average molecular weight is 473 g/mol. The molecular weight excluding hydrogens is 447 g/mol. The summed E-state index contributed by atoms with van der Waals surface area (Å²) in [6.45, 7) is 4.84. The van der Waals surface area contributed by atoms with Crippen LogP contribution in [0.15, 0.2) is 36.4 Å². The second-order valence-electron chi connectivity index (χ2n) is 7.00. The van der Waals surface area contributed by atoms with Crippen LogP contribution in [0.2, 0.25) is 10.0 Å². The highest BCUT2D eigenvalue weighted by Gasteiger charge is 2.20. The molecular formula is C21H26Cl2N2O4S. The lowest BCUT2D eigenvalue weighted by Crippen LogP contribution is -2.33. The number of rotatable bonds is 10. The van der Waals surface area contributed by atoms with E-state index in [1.54, 1.807) is 12.1 Å². The van der Waals surface area contributed by atoms with Gasteiger partial charge in [0.2, 0.25) is 15.9 Å². The van der Waals surface area contributed by atoms with Gasteiger partial charge in [-0.3, -0.25) is 9.10 Å². The van der Waals surface area contributed by atoms with E-state index >= 15 is 0 Å². The van der Waals surface area contributed by atoms with Gasteiger partial charge in [0.05, 0.1) is 23.5 Å². The zero-order chi connectivity index (χ0) is 22.3. The molecule has 0 aliphatic rings. The molecule has 0 aromatic heterocycles. The molecule has 0 aliphatic heterocycles. The van der Waals surface area contributed by atoms with Crippen molar-refractivity contribution < 1.29 is 17.9 Å². The number of hydrogen-bond acceptors (Lipinski definition) is 4. The Bertz CT molecular complexity index is 996. The Morgan fingerprint density at radius 3 is 2.50 bits per heavy atom. The molecule has 2 rings (SSSR count). The Kier molecular flexibility index (Phi) is 8.82. The van der Waals surface area contributed by atoms with Crippen LogP contribution in [0.5, 0.6) is 5.75 Å². The number of carbonyl (C=O) groups excluding carboxylic acids is 1. The highest BCUT2D eigenvalue weighted by atomic mass is 35.5. The molecule has 0 bridgehead atoms. The lowest BCUT2D eigenvalue weighted by molar-refractivity contribution is -0.121. The summed E-state index contributed by atoms with van der Waals surface area (Å²) in [5.41, 5.74) is 2.55. The molecule has 0 heterocycles. The van der Waals surface area contributed by atoms with E-state index in [0.29, 0.717) is 30.3 Å². The predicted octanol–water partition coefficient (Wildman–Crippen LogP) is 4.35. The molecule has 6 nitrogen and oxygen atoms in total. The minimum Gasteiger partial charge on any atom is -0.491 e. The number of sulfonamides is 1. The summed E-state index contributed by atoms with van der Waals surface area (Å²) < 4.78 is 31.2. The maximum atomic E-state index is 12.2. The van der Waals surface area contributed by atoms with Gasteiger partial charge in [-0.05, 0) is 50.1 Å². The van der Waals surface area contributed by atoms with Gasteiger partial charge < -0.3 is 10.1 Å². The Balaban J connectivity index is 1.80. The normalized spacial score (nSPS) is 11.2. The van der Waals surface area contributed by atoms with E-state index in [0.717, 1.165) is 23.1 Å². The number of amides is 1. The topological polar surface area (TPSA) is 75.7 Å². The van der Waals surface area contributed by atoms with Gasteiger partial charge in [0.15, 0.2) is 0 Å². The highest BCUT2D eigenvalue weighted by Crippen LogP contribution is 2.30. The molecule has 30 heavy (non-hydrogen) atoms. The highest BCUT2D eigenvalue weighted by molar-refractivity contribution is 7.92. The van der Waals surface area contributed by atoms with Crippen molar-refractivity contribution >= 4 is 44.8 Å². The molecule has 1 amide bonds. The molecule has 0 saturated carbocycles. The smallest absolute Gasteiger partial charge is 0.232 e. The number of benzene rings is 2. The van der Waals surface area contributed by atoms with Crippen LogP contribution in [0.25, 0.3) is 0 Å². The maximum Gasteiger partial charge on any atom is 0.232 e. The third-order valence-electron chi connectivity index (χ3n) is 4.36. The molecule has 0 aliphatic carbocycles. The molecule has 0 unspecified atom stereocenters. The molecule has 1 N–H and O–H groups in total. The van der Waals surface area contributed by atoms with Crippen LogP contribution in [0, 0.1) is 13.8 Å². The number of nitrogens with one attached hydrogen (secondary N) is 1. The van der Waals surface area contributed by atoms with Crippen LogP contribution in [0.4, 0.5) is 5.69 Å². The summed E-state index contributed by atoms with van der Waals surface area (Å²) in [5.74, 6) is 0.619. The zero-order valence-electron chi connectivity index (χ0n) is 17.2. The standard InChI is InChI=1S/C21H26Cl2N2O4S/c1-15-6-9-20(16(2)13-15)29-12-10-24-21(26)5-4-11-25(30(3,27)28)19-8-7-17(22)14-18(19)23/h6-9,13-14H,4-5,10-12H2,1-3H3,(H,24,26). The number of aryl methyl sites for hydroxylation is 2. The van der Waals surface area contributed by atoms with Crippen molar-refractivity contribution in [3.8, 4) is 5.75 Å². The van der Waals surface area contributed by atoms with E-state index in [-0.39, 0.29) is 23.9 Å². The number of carbonyl (C=O) groups is 1. The van der Waals surface area contributed by atoms with Crippen LogP contribution in [-0.2, 0) is 14.8 Å². The SMILES string of the molecule is Cc1ccc(OCCNC(=O)CCCN(c2ccc(Cl)cc2Cl)S(C)(=O)=O)c(C)c1. The Morgan fingerprint density at radius 2 is 1.87 bits per heavy atom. The molecule has 0 spiro atoms. The molecule has 0 radical (unpaired) electrons. The van der Waals surface area contributed by atoms with Gasteiger partial charge in [0.1, 0.15) is 12.4 Å². The fourth-order valence-corrected chi connectivity index (χ4v) is 4.47. The first-order valence-corrected chi connectivity index (χ1v) is 12.1. The van der Waals surface area contributed by atoms with Gasteiger partial charge in [-0.2, -0.15) is 0 Å². The lowest BCUT2D eigenvalue weighted by atomic mass is 10.1. The minimum atomic E-state index is -3.56. The van der Waals surface area contributed by atoms with Crippen LogP contribution in [-0.4, -0.2) is 40.3 Å². The van der Waals surface area contributed by atoms with Gasteiger partial charge in [-0.1, -0.05) is 40.9 Å². The second kappa shape index (κ2) is 10.9. The van der Waals surface area contributed by atoms with Gasteiger partial charge in [0.25, 0.3) is 0 Å². The third-order valence-corrected chi connectivity index (χ3v) is 6.07. The van der Waals surface area contributed by atoms with Crippen molar-refractivity contribution in [2.24, 2.45) is 0 Å². The fraction of sp³-hybridized carbons (Fsp3) is 0.381. The number of ether oxygens (including phenoxy) is 1. The maximum absolute atomic E-state index is 12.2. The summed E-state index contributed by atoms with van der Waals surface area (Å²) in [6.07, 6.45) is 1.62. The second-order valence-corrected chi connectivity index (χ2v) is 9.75. The third kappa shape index (κ3) is 7.38. The fourth-order valence-electron chi connectivity index (χ4n) is 2.93. The number of halogens is 2. The summed E-state index contributed by atoms with van der Waals surface area (Å²) in [7, 11) is -3.56. The van der Waals surface area contributed by atoms with E-state index in [1.165, 1.54) is 10.4 Å². The molecule has 164 valence electrons. The molecule has 9 heteroatoms. The van der Waals surface area contributed by atoms with Crippen LogP contribution < -0.4 is 14.4 Å². The van der Waals surface area contributed by atoms with E-state index in [4.69, 9.17) is 27.9 Å².